The third-order valence-electron chi connectivity index (χ3n) is 3.15. The maximum Gasteiger partial charge on any atom is 1.00 e. The van der Waals surface area contributed by atoms with E-state index in [9.17, 15) is 30.3 Å². The zero-order valence-electron chi connectivity index (χ0n) is 25.2. The SMILES string of the molecule is NCCNOC(=O)C(NCCN)C(O)[C@H](O)[C@@H](O)[C@H](O)[C@H](O)CO.[H-].[H-].[H-].[H-].[H-].[H-].[Na+].[Na+].[Na+].[Na+].[Na+].[Na+]. The van der Waals surface area contributed by atoms with Gasteiger partial charge in [0, 0.05) is 26.2 Å². The first-order valence-electron chi connectivity index (χ1n) is 7.40. The van der Waals surface area contributed by atoms with Gasteiger partial charge in [-0.1, -0.05) is 0 Å². The van der Waals surface area contributed by atoms with Gasteiger partial charge in [-0.05, 0) is 0 Å². The second-order valence-corrected chi connectivity index (χ2v) is 5.04. The molecule has 6 atom stereocenters. The fraction of sp³-hybridized carbons (Fsp3) is 0.917. The summed E-state index contributed by atoms with van der Waals surface area (Å²) in [5, 5.41) is 59.8. The summed E-state index contributed by atoms with van der Waals surface area (Å²) in [6, 6.07) is -1.48. The number of carbonyl (C=O) groups is 1. The van der Waals surface area contributed by atoms with Crippen molar-refractivity contribution in [2.24, 2.45) is 11.5 Å². The molecule has 0 radical (unpaired) electrons. The van der Waals surface area contributed by atoms with Crippen LogP contribution in [0.4, 0.5) is 0 Å². The number of carbonyl (C=O) groups excluding carboxylic acids is 1. The van der Waals surface area contributed by atoms with E-state index in [0.717, 1.165) is 0 Å². The molecule has 0 saturated heterocycles. The topological polar surface area (TPSA) is 224 Å². The van der Waals surface area contributed by atoms with Gasteiger partial charge in [0.2, 0.25) is 0 Å². The third-order valence-corrected chi connectivity index (χ3v) is 3.15. The Kier molecular flexibility index (Phi) is 55.3. The van der Waals surface area contributed by atoms with E-state index in [2.05, 4.69) is 15.6 Å². The Labute approximate surface area is 318 Å². The van der Waals surface area contributed by atoms with E-state index in [-0.39, 0.29) is 212 Å². The molecule has 0 aliphatic carbocycles. The molecule has 156 valence electrons. The zero-order valence-corrected chi connectivity index (χ0v) is 31.2. The minimum absolute atomic E-state index is 0. The van der Waals surface area contributed by atoms with Crippen molar-refractivity contribution in [3.8, 4) is 0 Å². The third kappa shape index (κ3) is 21.2. The molecule has 0 rings (SSSR count). The minimum atomic E-state index is -2.03. The Morgan fingerprint density at radius 2 is 1.23 bits per heavy atom. The summed E-state index contributed by atoms with van der Waals surface area (Å²) in [5.41, 5.74) is 12.8. The fourth-order valence-electron chi connectivity index (χ4n) is 1.76. The predicted octanol–water partition coefficient (Wildman–Crippen LogP) is -23.6. The van der Waals surface area contributed by atoms with Crippen LogP contribution in [-0.4, -0.2) is 106 Å². The van der Waals surface area contributed by atoms with E-state index >= 15 is 0 Å². The van der Waals surface area contributed by atoms with Crippen LogP contribution in [0.3, 0.4) is 0 Å². The zero-order chi connectivity index (χ0) is 18.7. The summed E-state index contributed by atoms with van der Waals surface area (Å²) in [6.45, 7) is -0.349. The first-order valence-corrected chi connectivity index (χ1v) is 7.40. The van der Waals surface area contributed by atoms with Crippen LogP contribution in [0.5, 0.6) is 0 Å². The number of hydrogen-bond donors (Lipinski definition) is 10. The van der Waals surface area contributed by atoms with Crippen molar-refractivity contribution in [2.45, 2.75) is 36.6 Å². The van der Waals surface area contributed by atoms with E-state index < -0.39 is 49.1 Å². The Hall–Kier alpha value is 5.07. The van der Waals surface area contributed by atoms with Crippen LogP contribution in [0.15, 0.2) is 0 Å². The fourth-order valence-corrected chi connectivity index (χ4v) is 1.76. The molecule has 18 heteroatoms. The molecular weight excluding hydrogens is 466 g/mol. The molecule has 12 nitrogen and oxygen atoms in total. The average molecular weight is 500 g/mol. The number of nitrogens with one attached hydrogen (secondary N) is 2. The minimum Gasteiger partial charge on any atom is -1.00 e. The van der Waals surface area contributed by atoms with Gasteiger partial charge < -0.3 is 60.8 Å². The van der Waals surface area contributed by atoms with Gasteiger partial charge in [0.15, 0.2) is 0 Å². The van der Waals surface area contributed by atoms with Gasteiger partial charge in [-0.15, -0.1) is 0 Å². The molecule has 0 amide bonds. The van der Waals surface area contributed by atoms with E-state index in [4.69, 9.17) is 16.6 Å². The Bertz CT molecular complexity index is 396. The number of hydrogen-bond acceptors (Lipinski definition) is 12. The molecule has 0 spiro atoms. The van der Waals surface area contributed by atoms with E-state index in [0.29, 0.717) is 0 Å². The Balaban J connectivity index is -0.0000000401. The van der Waals surface area contributed by atoms with Gasteiger partial charge in [-0.2, -0.15) is 5.48 Å². The van der Waals surface area contributed by atoms with Crippen LogP contribution in [0, 0.1) is 0 Å². The summed E-state index contributed by atoms with van der Waals surface area (Å²) >= 11 is 0. The Morgan fingerprint density at radius 3 is 1.63 bits per heavy atom. The van der Waals surface area contributed by atoms with Crippen molar-refractivity contribution in [2.75, 3.05) is 32.8 Å². The average Bonchev–Trinajstić information content (AvgIpc) is 2.59. The summed E-state index contributed by atoms with van der Waals surface area (Å²) in [6.07, 6.45) is -9.65. The largest absolute Gasteiger partial charge is 1.00 e. The van der Waals surface area contributed by atoms with Crippen molar-refractivity contribution in [1.82, 2.24) is 10.8 Å². The van der Waals surface area contributed by atoms with Crippen molar-refractivity contribution in [3.63, 3.8) is 0 Å². The molecule has 0 saturated carbocycles. The first kappa shape index (κ1) is 51.7. The van der Waals surface area contributed by atoms with Crippen LogP contribution in [0.2, 0.25) is 0 Å². The van der Waals surface area contributed by atoms with Gasteiger partial charge >= 0.3 is 183 Å². The molecule has 30 heavy (non-hydrogen) atoms. The summed E-state index contributed by atoms with van der Waals surface area (Å²) in [5.74, 6) is -1.01. The maximum absolute atomic E-state index is 11.9. The summed E-state index contributed by atoms with van der Waals surface area (Å²) < 4.78 is 0. The van der Waals surface area contributed by atoms with Gasteiger partial charge in [0.25, 0.3) is 0 Å². The molecule has 0 aromatic heterocycles. The van der Waals surface area contributed by atoms with Crippen LogP contribution in [0.25, 0.3) is 0 Å². The van der Waals surface area contributed by atoms with Crippen LogP contribution in [-0.2, 0) is 9.63 Å². The van der Waals surface area contributed by atoms with E-state index in [1.807, 2.05) is 0 Å². The molecule has 0 aromatic rings. The number of hydroxylamine groups is 1. The van der Waals surface area contributed by atoms with Crippen LogP contribution >= 0.6 is 0 Å². The molecule has 0 fully saturated rings. The summed E-state index contributed by atoms with van der Waals surface area (Å²) in [7, 11) is 0. The van der Waals surface area contributed by atoms with Gasteiger partial charge in [-0.25, -0.2) is 4.79 Å². The monoisotopic (exact) mass is 500 g/mol. The van der Waals surface area contributed by atoms with Crippen LogP contribution in [0.1, 0.15) is 8.56 Å². The molecule has 12 N–H and O–H groups in total. The molecule has 0 bridgehead atoms. The molecule has 2 unspecified atom stereocenters. The first-order chi connectivity index (χ1) is 11.3. The molecule has 0 aliphatic heterocycles. The summed E-state index contributed by atoms with van der Waals surface area (Å²) in [4.78, 5) is 16.6. The van der Waals surface area contributed by atoms with Gasteiger partial charge in [0.1, 0.15) is 36.6 Å². The number of aliphatic hydroxyl groups is 6. The van der Waals surface area contributed by atoms with Gasteiger partial charge in [-0.3, -0.25) is 0 Å². The predicted molar refractivity (Wildman–Crippen MR) is 87.8 cm³/mol. The quantitative estimate of drug-likeness (QED) is 0.0647. The Morgan fingerprint density at radius 1 is 0.800 bits per heavy atom. The maximum atomic E-state index is 11.9. The van der Waals surface area contributed by atoms with Crippen molar-refractivity contribution in [1.29, 1.82) is 0 Å². The normalized spacial score (nSPS) is 15.3. The van der Waals surface area contributed by atoms with E-state index in [1.54, 1.807) is 0 Å². The molecular formula is C12H34N4Na6O8. The number of nitrogens with two attached hydrogens (primary N) is 2. The van der Waals surface area contributed by atoms with Crippen molar-refractivity contribution >= 4 is 5.97 Å². The van der Waals surface area contributed by atoms with Crippen molar-refractivity contribution in [3.05, 3.63) is 0 Å². The number of aliphatic hydroxyl groups excluding tert-OH is 6. The number of rotatable bonds is 13. The second-order valence-electron chi connectivity index (χ2n) is 5.04. The van der Waals surface area contributed by atoms with Crippen LogP contribution < -0.4 is 200 Å². The van der Waals surface area contributed by atoms with Crippen molar-refractivity contribution < 1.29 is 226 Å². The molecule has 0 aromatic carbocycles. The second kappa shape index (κ2) is 32.1. The molecule has 0 aliphatic rings. The standard InChI is InChI=1S/C12H28N4O8.6Na.6H/c13-1-3-15-7(12(23)24-16-4-2-14)9(20)11(22)10(21)8(19)6(18)5-17;;;;;;;;;;;;/h6-11,15-22H,1-5,13-14H2;;;;;;;;;;;;/q;6*+1;6*-1/t6-,7?,8-,9?,10+,11+;;;;;;;;;;;;/m1............/s1. The van der Waals surface area contributed by atoms with E-state index in [1.165, 1.54) is 0 Å². The molecule has 0 heterocycles. The smallest absolute Gasteiger partial charge is 1.00 e. The van der Waals surface area contributed by atoms with Gasteiger partial charge in [0.05, 0.1) is 6.61 Å².